The second-order valence-corrected chi connectivity index (χ2v) is 5.81. The molecule has 1 saturated heterocycles. The number of nitrogens with one attached hydrogen (secondary N) is 1. The van der Waals surface area contributed by atoms with Crippen LogP contribution in [0.15, 0.2) is 24.3 Å². The molecule has 1 unspecified atom stereocenters. The Bertz CT molecular complexity index is 511. The summed E-state index contributed by atoms with van der Waals surface area (Å²) in [5, 5.41) is 2.87. The van der Waals surface area contributed by atoms with Crippen LogP contribution >= 0.6 is 0 Å². The van der Waals surface area contributed by atoms with Crippen LogP contribution in [0, 0.1) is 11.8 Å². The topological polar surface area (TPSA) is 49.4 Å². The van der Waals surface area contributed by atoms with Crippen LogP contribution in [-0.2, 0) is 0 Å². The molecule has 20 heavy (non-hydrogen) atoms. The molecule has 1 aromatic carbocycles. The van der Waals surface area contributed by atoms with Gasteiger partial charge in [-0.2, -0.15) is 0 Å². The van der Waals surface area contributed by atoms with Crippen LogP contribution in [0.2, 0.25) is 0 Å². The third-order valence-electron chi connectivity index (χ3n) is 3.98. The molecule has 1 aromatic rings. The maximum Gasteiger partial charge on any atom is 0.321 e. The minimum atomic E-state index is -0.0751. The Kier molecular flexibility index (Phi) is 4.42. The highest BCUT2D eigenvalue weighted by atomic mass is 16.2. The van der Waals surface area contributed by atoms with E-state index in [1.807, 2.05) is 4.90 Å². The van der Waals surface area contributed by atoms with E-state index in [0.29, 0.717) is 23.1 Å². The summed E-state index contributed by atoms with van der Waals surface area (Å²) in [6.45, 7) is 7.54. The molecule has 108 valence electrons. The van der Waals surface area contributed by atoms with Crippen molar-refractivity contribution in [3.05, 3.63) is 29.8 Å². The number of amides is 2. The van der Waals surface area contributed by atoms with Crippen LogP contribution in [0.1, 0.15) is 37.6 Å². The molecule has 0 saturated carbocycles. The van der Waals surface area contributed by atoms with Gasteiger partial charge in [0, 0.05) is 24.3 Å². The molecule has 0 aliphatic carbocycles. The van der Waals surface area contributed by atoms with Gasteiger partial charge in [0.1, 0.15) is 0 Å². The summed E-state index contributed by atoms with van der Waals surface area (Å²) in [6, 6.07) is 6.99. The largest absolute Gasteiger partial charge is 0.324 e. The Morgan fingerprint density at radius 1 is 1.35 bits per heavy atom. The molecule has 0 radical (unpaired) electrons. The zero-order chi connectivity index (χ0) is 14.7. The average molecular weight is 274 g/mol. The van der Waals surface area contributed by atoms with Gasteiger partial charge in [-0.3, -0.25) is 4.79 Å². The van der Waals surface area contributed by atoms with Gasteiger partial charge in [0.15, 0.2) is 5.78 Å². The van der Waals surface area contributed by atoms with Gasteiger partial charge in [-0.1, -0.05) is 26.0 Å². The smallest absolute Gasteiger partial charge is 0.321 e. The fourth-order valence-electron chi connectivity index (χ4n) is 2.53. The fourth-order valence-corrected chi connectivity index (χ4v) is 2.53. The number of nitrogens with zero attached hydrogens (tertiary/aromatic N) is 1. The molecule has 1 heterocycles. The quantitative estimate of drug-likeness (QED) is 0.859. The van der Waals surface area contributed by atoms with Crippen molar-refractivity contribution >= 4 is 17.5 Å². The maximum atomic E-state index is 12.2. The third-order valence-corrected chi connectivity index (χ3v) is 3.98. The van der Waals surface area contributed by atoms with Gasteiger partial charge < -0.3 is 10.2 Å². The number of carbonyl (C=O) groups is 2. The van der Waals surface area contributed by atoms with Crippen molar-refractivity contribution in [3.8, 4) is 0 Å². The molecule has 4 heteroatoms. The number of hydrogen-bond donors (Lipinski definition) is 1. The molecule has 1 aliphatic rings. The summed E-state index contributed by atoms with van der Waals surface area (Å²) in [7, 11) is 0. The molecule has 4 nitrogen and oxygen atoms in total. The molecule has 1 N–H and O–H groups in total. The SMILES string of the molecule is CC(=O)c1cccc(NC(=O)N2CCC(C(C)C)C2)c1. The Morgan fingerprint density at radius 3 is 2.70 bits per heavy atom. The van der Waals surface area contributed by atoms with Crippen LogP contribution in [0.3, 0.4) is 0 Å². The van der Waals surface area contributed by atoms with Crippen LogP contribution in [0.25, 0.3) is 0 Å². The monoisotopic (exact) mass is 274 g/mol. The molecule has 0 spiro atoms. The predicted molar refractivity (Wildman–Crippen MR) is 80.0 cm³/mol. The Hall–Kier alpha value is -1.84. The summed E-state index contributed by atoms with van der Waals surface area (Å²) < 4.78 is 0. The zero-order valence-corrected chi connectivity index (χ0v) is 12.3. The van der Waals surface area contributed by atoms with E-state index in [9.17, 15) is 9.59 Å². The molecule has 2 rings (SSSR count). The number of hydrogen-bond acceptors (Lipinski definition) is 2. The molecule has 0 aromatic heterocycles. The average Bonchev–Trinajstić information content (AvgIpc) is 2.88. The number of carbonyl (C=O) groups excluding carboxylic acids is 2. The molecule has 1 aliphatic heterocycles. The number of urea groups is 1. The first-order chi connectivity index (χ1) is 9.47. The third kappa shape index (κ3) is 3.38. The minimum Gasteiger partial charge on any atom is -0.324 e. The van der Waals surface area contributed by atoms with Crippen LogP contribution in [0.5, 0.6) is 0 Å². The lowest BCUT2D eigenvalue weighted by Gasteiger charge is -2.19. The highest BCUT2D eigenvalue weighted by Gasteiger charge is 2.28. The lowest BCUT2D eigenvalue weighted by Crippen LogP contribution is -2.33. The van der Waals surface area contributed by atoms with E-state index in [1.165, 1.54) is 6.92 Å². The predicted octanol–water partition coefficient (Wildman–Crippen LogP) is 3.40. The van der Waals surface area contributed by atoms with Crippen molar-refractivity contribution in [1.29, 1.82) is 0 Å². The molecular formula is C16H22N2O2. The van der Waals surface area contributed by atoms with Crippen LogP contribution in [-0.4, -0.2) is 29.8 Å². The highest BCUT2D eigenvalue weighted by molar-refractivity contribution is 5.96. The minimum absolute atomic E-state index is 0.00198. The summed E-state index contributed by atoms with van der Waals surface area (Å²) >= 11 is 0. The van der Waals surface area contributed by atoms with Gasteiger partial charge in [-0.15, -0.1) is 0 Å². The van der Waals surface area contributed by atoms with E-state index < -0.39 is 0 Å². The molecule has 1 atom stereocenters. The van der Waals surface area contributed by atoms with Gasteiger partial charge in [-0.05, 0) is 37.3 Å². The molecule has 1 fully saturated rings. The Labute approximate surface area is 120 Å². The number of Topliss-reactive ketones (excluding diaryl/α,β-unsaturated/α-hetero) is 1. The van der Waals surface area contributed by atoms with Crippen molar-refractivity contribution in [3.63, 3.8) is 0 Å². The second-order valence-electron chi connectivity index (χ2n) is 5.81. The van der Waals surface area contributed by atoms with Gasteiger partial charge in [0.2, 0.25) is 0 Å². The Morgan fingerprint density at radius 2 is 2.10 bits per heavy atom. The van der Waals surface area contributed by atoms with Crippen LogP contribution in [0.4, 0.5) is 10.5 Å². The van der Waals surface area contributed by atoms with Crippen molar-refractivity contribution in [2.45, 2.75) is 27.2 Å². The van der Waals surface area contributed by atoms with Gasteiger partial charge in [-0.25, -0.2) is 4.79 Å². The van der Waals surface area contributed by atoms with E-state index >= 15 is 0 Å². The fraction of sp³-hybridized carbons (Fsp3) is 0.500. The normalized spacial score (nSPS) is 18.4. The van der Waals surface area contributed by atoms with Gasteiger partial charge >= 0.3 is 6.03 Å². The van der Waals surface area contributed by atoms with E-state index in [4.69, 9.17) is 0 Å². The van der Waals surface area contributed by atoms with E-state index in [-0.39, 0.29) is 11.8 Å². The Balaban J connectivity index is 1.98. The summed E-state index contributed by atoms with van der Waals surface area (Å²) in [4.78, 5) is 25.4. The van der Waals surface area contributed by atoms with E-state index in [0.717, 1.165) is 19.5 Å². The summed E-state index contributed by atoms with van der Waals surface area (Å²) in [5.41, 5.74) is 1.29. The van der Waals surface area contributed by atoms with Crippen molar-refractivity contribution in [1.82, 2.24) is 4.90 Å². The highest BCUT2D eigenvalue weighted by Crippen LogP contribution is 2.24. The zero-order valence-electron chi connectivity index (χ0n) is 12.3. The first kappa shape index (κ1) is 14.6. The van der Waals surface area contributed by atoms with Crippen molar-refractivity contribution in [2.75, 3.05) is 18.4 Å². The second kappa shape index (κ2) is 6.07. The van der Waals surface area contributed by atoms with Crippen molar-refractivity contribution < 1.29 is 9.59 Å². The van der Waals surface area contributed by atoms with Crippen LogP contribution < -0.4 is 5.32 Å². The lowest BCUT2D eigenvalue weighted by molar-refractivity contribution is 0.101. The van der Waals surface area contributed by atoms with E-state index in [1.54, 1.807) is 24.3 Å². The molecular weight excluding hydrogens is 252 g/mol. The van der Waals surface area contributed by atoms with Gasteiger partial charge in [0.05, 0.1) is 0 Å². The molecule has 2 amide bonds. The maximum absolute atomic E-state index is 12.2. The number of likely N-dealkylation sites (tertiary alicyclic amines) is 1. The molecule has 0 bridgehead atoms. The standard InChI is InChI=1S/C16H22N2O2/c1-11(2)14-7-8-18(10-14)16(20)17-15-6-4-5-13(9-15)12(3)19/h4-6,9,11,14H,7-8,10H2,1-3H3,(H,17,20). The summed E-state index contributed by atoms with van der Waals surface area (Å²) in [5.74, 6) is 1.19. The number of anilines is 1. The van der Waals surface area contributed by atoms with Gasteiger partial charge in [0.25, 0.3) is 0 Å². The number of ketones is 1. The van der Waals surface area contributed by atoms with E-state index in [2.05, 4.69) is 19.2 Å². The number of benzene rings is 1. The van der Waals surface area contributed by atoms with Crippen molar-refractivity contribution in [2.24, 2.45) is 11.8 Å². The summed E-state index contributed by atoms with van der Waals surface area (Å²) in [6.07, 6.45) is 1.07. The first-order valence-electron chi connectivity index (χ1n) is 7.14. The number of rotatable bonds is 3. The first-order valence-corrected chi connectivity index (χ1v) is 7.14. The lowest BCUT2D eigenvalue weighted by atomic mass is 9.95.